The number of alkyl carbamates (subject to hydrolysis) is 1. The van der Waals surface area contributed by atoms with Crippen molar-refractivity contribution in [3.8, 4) is 0 Å². The van der Waals surface area contributed by atoms with Gasteiger partial charge in [-0.15, -0.1) is 0 Å². The molecule has 1 saturated carbocycles. The maximum atomic E-state index is 11.8. The molecule has 0 radical (unpaired) electrons. The van der Waals surface area contributed by atoms with Crippen LogP contribution in [0.15, 0.2) is 0 Å². The van der Waals surface area contributed by atoms with Gasteiger partial charge in [0.05, 0.1) is 0 Å². The van der Waals surface area contributed by atoms with Gasteiger partial charge in [-0.2, -0.15) is 0 Å². The molecular weight excluding hydrogens is 284 g/mol. The molecule has 0 unspecified atom stereocenters. The van der Waals surface area contributed by atoms with Crippen molar-refractivity contribution in [2.24, 2.45) is 5.92 Å². The fourth-order valence-corrected chi connectivity index (χ4v) is 2.45. The molecule has 0 aromatic carbocycles. The highest BCUT2D eigenvalue weighted by atomic mass is 16.7. The maximum absolute atomic E-state index is 11.8. The Labute approximate surface area is 134 Å². The normalized spacial score (nSPS) is 18.1. The van der Waals surface area contributed by atoms with Gasteiger partial charge < -0.3 is 24.8 Å². The quantitative estimate of drug-likeness (QED) is 0.639. The molecule has 0 heterocycles. The first-order chi connectivity index (χ1) is 10.2. The van der Waals surface area contributed by atoms with Gasteiger partial charge in [-0.1, -0.05) is 0 Å². The van der Waals surface area contributed by atoms with Gasteiger partial charge in [0.1, 0.15) is 5.60 Å². The van der Waals surface area contributed by atoms with Crippen molar-refractivity contribution >= 4 is 6.09 Å². The molecule has 1 aliphatic carbocycles. The van der Waals surface area contributed by atoms with E-state index in [1.54, 1.807) is 14.2 Å². The smallest absolute Gasteiger partial charge is 0.407 e. The van der Waals surface area contributed by atoms with Crippen LogP contribution in [-0.4, -0.2) is 50.8 Å². The van der Waals surface area contributed by atoms with E-state index in [9.17, 15) is 4.79 Å². The third-order valence-corrected chi connectivity index (χ3v) is 3.91. The molecule has 1 aliphatic rings. The number of methoxy groups -OCH3 is 2. The van der Waals surface area contributed by atoms with E-state index in [0.29, 0.717) is 12.5 Å². The molecule has 2 N–H and O–H groups in total. The Balaban J connectivity index is 2.41. The first-order valence-corrected chi connectivity index (χ1v) is 7.97. The lowest BCUT2D eigenvalue weighted by Gasteiger charge is -2.32. The second kappa shape index (κ2) is 8.13. The van der Waals surface area contributed by atoms with Crippen LogP contribution in [0.25, 0.3) is 0 Å². The van der Waals surface area contributed by atoms with Gasteiger partial charge >= 0.3 is 6.09 Å². The fraction of sp³-hybridized carbons (Fsp3) is 0.938. The SMILES string of the molecule is COC(CCN[C@](C)(CNC(=O)OC(C)(C)C)C1CC1)OC. The van der Waals surface area contributed by atoms with Crippen molar-refractivity contribution < 1.29 is 19.0 Å². The van der Waals surface area contributed by atoms with E-state index in [2.05, 4.69) is 17.6 Å². The molecule has 130 valence electrons. The van der Waals surface area contributed by atoms with Crippen LogP contribution in [0.5, 0.6) is 0 Å². The van der Waals surface area contributed by atoms with Crippen molar-refractivity contribution in [3.05, 3.63) is 0 Å². The predicted molar refractivity (Wildman–Crippen MR) is 85.8 cm³/mol. The van der Waals surface area contributed by atoms with Crippen LogP contribution >= 0.6 is 0 Å². The minimum Gasteiger partial charge on any atom is -0.444 e. The highest BCUT2D eigenvalue weighted by molar-refractivity contribution is 5.67. The zero-order valence-electron chi connectivity index (χ0n) is 14.8. The Morgan fingerprint density at radius 3 is 2.23 bits per heavy atom. The Bertz CT molecular complexity index is 349. The van der Waals surface area contributed by atoms with E-state index in [4.69, 9.17) is 14.2 Å². The van der Waals surface area contributed by atoms with E-state index >= 15 is 0 Å². The zero-order valence-corrected chi connectivity index (χ0v) is 14.8. The van der Waals surface area contributed by atoms with Gasteiger partial charge in [0.2, 0.25) is 0 Å². The molecular formula is C16H32N2O4. The number of carbonyl (C=O) groups excluding carboxylic acids is 1. The Morgan fingerprint density at radius 1 is 1.18 bits per heavy atom. The van der Waals surface area contributed by atoms with Gasteiger partial charge in [0.25, 0.3) is 0 Å². The van der Waals surface area contributed by atoms with Crippen molar-refractivity contribution in [1.29, 1.82) is 0 Å². The van der Waals surface area contributed by atoms with Crippen LogP contribution in [0.4, 0.5) is 4.79 Å². The van der Waals surface area contributed by atoms with Gasteiger partial charge in [-0.05, 0) is 46.5 Å². The van der Waals surface area contributed by atoms with Crippen LogP contribution in [-0.2, 0) is 14.2 Å². The third kappa shape index (κ3) is 6.94. The van der Waals surface area contributed by atoms with Gasteiger partial charge in [-0.3, -0.25) is 0 Å². The van der Waals surface area contributed by atoms with Crippen LogP contribution in [0, 0.1) is 5.92 Å². The molecule has 1 fully saturated rings. The lowest BCUT2D eigenvalue weighted by Crippen LogP contribution is -2.54. The number of hydrogen-bond acceptors (Lipinski definition) is 5. The zero-order chi connectivity index (χ0) is 16.8. The molecule has 0 bridgehead atoms. The highest BCUT2D eigenvalue weighted by Gasteiger charge is 2.41. The number of amides is 1. The van der Waals surface area contributed by atoms with Gasteiger partial charge in [0, 0.05) is 39.3 Å². The minimum atomic E-state index is -0.475. The maximum Gasteiger partial charge on any atom is 0.407 e. The first kappa shape index (κ1) is 19.2. The van der Waals surface area contributed by atoms with Crippen molar-refractivity contribution in [1.82, 2.24) is 10.6 Å². The molecule has 1 rings (SSSR count). The molecule has 6 heteroatoms. The minimum absolute atomic E-state index is 0.122. The van der Waals surface area contributed by atoms with E-state index in [1.165, 1.54) is 12.8 Å². The Hall–Kier alpha value is -0.850. The number of rotatable bonds is 9. The highest BCUT2D eigenvalue weighted by Crippen LogP contribution is 2.39. The number of ether oxygens (including phenoxy) is 3. The van der Waals surface area contributed by atoms with Crippen LogP contribution in [0.3, 0.4) is 0 Å². The summed E-state index contributed by atoms with van der Waals surface area (Å²) < 4.78 is 15.7. The van der Waals surface area contributed by atoms with Gasteiger partial charge in [-0.25, -0.2) is 4.79 Å². The third-order valence-electron chi connectivity index (χ3n) is 3.91. The molecule has 1 amide bonds. The summed E-state index contributed by atoms with van der Waals surface area (Å²) in [5.74, 6) is 0.589. The summed E-state index contributed by atoms with van der Waals surface area (Å²) >= 11 is 0. The van der Waals surface area contributed by atoms with Crippen LogP contribution < -0.4 is 10.6 Å². The van der Waals surface area contributed by atoms with E-state index in [1.807, 2.05) is 20.8 Å². The van der Waals surface area contributed by atoms with E-state index in [0.717, 1.165) is 13.0 Å². The van der Waals surface area contributed by atoms with E-state index < -0.39 is 5.60 Å². The summed E-state index contributed by atoms with van der Waals surface area (Å²) in [5.41, 5.74) is -0.597. The van der Waals surface area contributed by atoms with Crippen molar-refractivity contribution in [3.63, 3.8) is 0 Å². The summed E-state index contributed by atoms with van der Waals surface area (Å²) in [7, 11) is 3.27. The molecule has 0 spiro atoms. The summed E-state index contributed by atoms with van der Waals surface area (Å²) in [4.78, 5) is 11.8. The van der Waals surface area contributed by atoms with E-state index in [-0.39, 0.29) is 17.9 Å². The topological polar surface area (TPSA) is 68.8 Å². The second-order valence-corrected chi connectivity index (χ2v) is 7.16. The Kier molecular flexibility index (Phi) is 7.09. The first-order valence-electron chi connectivity index (χ1n) is 7.97. The monoisotopic (exact) mass is 316 g/mol. The van der Waals surface area contributed by atoms with Gasteiger partial charge in [0.15, 0.2) is 6.29 Å². The van der Waals surface area contributed by atoms with Crippen molar-refractivity contribution in [2.45, 2.75) is 64.4 Å². The van der Waals surface area contributed by atoms with Crippen LogP contribution in [0.2, 0.25) is 0 Å². The summed E-state index contributed by atoms with van der Waals surface area (Å²) in [6.07, 6.45) is 2.58. The molecule has 1 atom stereocenters. The lowest BCUT2D eigenvalue weighted by atomic mass is 9.95. The largest absolute Gasteiger partial charge is 0.444 e. The molecule has 22 heavy (non-hydrogen) atoms. The predicted octanol–water partition coefficient (Wildman–Crippen LogP) is 2.28. The molecule has 0 saturated heterocycles. The molecule has 0 aliphatic heterocycles. The second-order valence-electron chi connectivity index (χ2n) is 7.16. The summed E-state index contributed by atoms with van der Waals surface area (Å²) in [5, 5.41) is 6.43. The van der Waals surface area contributed by atoms with Crippen molar-refractivity contribution in [2.75, 3.05) is 27.3 Å². The molecule has 0 aromatic heterocycles. The number of carbonyl (C=O) groups is 1. The molecule has 0 aromatic rings. The average molecular weight is 316 g/mol. The lowest BCUT2D eigenvalue weighted by molar-refractivity contribution is -0.106. The molecule has 6 nitrogen and oxygen atoms in total. The summed E-state index contributed by atoms with van der Waals surface area (Å²) in [6.45, 7) is 9.06. The average Bonchev–Trinajstić information content (AvgIpc) is 3.24. The number of nitrogens with one attached hydrogen (secondary N) is 2. The fourth-order valence-electron chi connectivity index (χ4n) is 2.45. The Morgan fingerprint density at radius 2 is 1.77 bits per heavy atom. The number of hydrogen-bond donors (Lipinski definition) is 2. The standard InChI is InChI=1S/C16H32N2O4/c1-15(2,3)22-14(19)17-11-16(4,12-7-8-12)18-10-9-13(20-5)21-6/h12-13,18H,7-11H2,1-6H3,(H,17,19)/t16-/m1/s1. The van der Waals surface area contributed by atoms with Crippen LogP contribution in [0.1, 0.15) is 47.0 Å². The summed E-state index contributed by atoms with van der Waals surface area (Å²) in [6, 6.07) is 0.